The minimum atomic E-state index is 0.0830. The molecule has 0 spiro atoms. The van der Waals surface area contributed by atoms with Crippen LogP contribution in [0.5, 0.6) is 0 Å². The molecule has 0 saturated carbocycles. The van der Waals surface area contributed by atoms with Crippen LogP contribution in [0.4, 0.5) is 0 Å². The van der Waals surface area contributed by atoms with Gasteiger partial charge < -0.3 is 9.64 Å². The Balaban J connectivity index is 1.96. The van der Waals surface area contributed by atoms with Gasteiger partial charge in [-0.05, 0) is 12.0 Å². The van der Waals surface area contributed by atoms with Gasteiger partial charge in [0.15, 0.2) is 0 Å². The number of ether oxygens (including phenoxy) is 1. The van der Waals surface area contributed by atoms with E-state index in [2.05, 4.69) is 15.9 Å². The lowest BCUT2D eigenvalue weighted by Crippen LogP contribution is -2.46. The van der Waals surface area contributed by atoms with Crippen molar-refractivity contribution >= 4 is 21.8 Å². The van der Waals surface area contributed by atoms with E-state index in [1.165, 1.54) is 5.56 Å². The second kappa shape index (κ2) is 6.17. The quantitative estimate of drug-likeness (QED) is 0.798. The monoisotopic (exact) mass is 297 g/mol. The molecule has 1 aliphatic rings. The minimum Gasteiger partial charge on any atom is -0.367 e. The van der Waals surface area contributed by atoms with E-state index >= 15 is 0 Å². The number of carbonyl (C=O) groups excluding carboxylic acids is 1. The molecule has 17 heavy (non-hydrogen) atoms. The highest BCUT2D eigenvalue weighted by Crippen LogP contribution is 2.14. The maximum atomic E-state index is 11.7. The summed E-state index contributed by atoms with van der Waals surface area (Å²) in [5.74, 6) is 0.0830. The van der Waals surface area contributed by atoms with E-state index in [9.17, 15) is 4.79 Å². The smallest absolute Gasteiger partial charge is 0.248 e. The fourth-order valence-electron chi connectivity index (χ4n) is 1.93. The van der Waals surface area contributed by atoms with Gasteiger partial charge in [-0.25, -0.2) is 0 Å². The fourth-order valence-corrected chi connectivity index (χ4v) is 2.44. The molecule has 1 heterocycles. The highest BCUT2D eigenvalue weighted by Gasteiger charge is 2.25. The van der Waals surface area contributed by atoms with Crippen LogP contribution in [-0.4, -0.2) is 35.4 Å². The van der Waals surface area contributed by atoms with Crippen LogP contribution in [0.25, 0.3) is 0 Å². The van der Waals surface area contributed by atoms with Crippen LogP contribution < -0.4 is 0 Å². The number of hydrogen-bond acceptors (Lipinski definition) is 2. The maximum absolute atomic E-state index is 11.7. The fraction of sp³-hybridized carbons (Fsp3) is 0.462. The molecule has 1 aliphatic heterocycles. The zero-order valence-electron chi connectivity index (χ0n) is 9.64. The average molecular weight is 298 g/mol. The topological polar surface area (TPSA) is 29.5 Å². The molecule has 1 aromatic carbocycles. The average Bonchev–Trinajstić information content (AvgIpc) is 2.35. The minimum absolute atomic E-state index is 0.0830. The largest absolute Gasteiger partial charge is 0.367 e. The van der Waals surface area contributed by atoms with Gasteiger partial charge in [0.25, 0.3) is 0 Å². The van der Waals surface area contributed by atoms with Crippen molar-refractivity contribution in [3.05, 3.63) is 35.9 Å². The van der Waals surface area contributed by atoms with Crippen LogP contribution in [-0.2, 0) is 16.1 Å². The molecule has 1 amide bonds. The van der Waals surface area contributed by atoms with E-state index < -0.39 is 0 Å². The molecular weight excluding hydrogens is 282 g/mol. The number of benzene rings is 1. The van der Waals surface area contributed by atoms with Crippen molar-refractivity contribution < 1.29 is 9.53 Å². The van der Waals surface area contributed by atoms with Crippen LogP contribution in [0.2, 0.25) is 0 Å². The first-order chi connectivity index (χ1) is 8.29. The molecule has 2 rings (SSSR count). The van der Waals surface area contributed by atoms with Crippen molar-refractivity contribution in [2.45, 2.75) is 19.1 Å². The van der Waals surface area contributed by atoms with E-state index in [0.717, 1.165) is 11.8 Å². The van der Waals surface area contributed by atoms with E-state index in [1.54, 1.807) is 0 Å². The lowest BCUT2D eigenvalue weighted by molar-refractivity contribution is -0.149. The van der Waals surface area contributed by atoms with Crippen LogP contribution in [0, 0.1) is 0 Å². The van der Waals surface area contributed by atoms with E-state index in [4.69, 9.17) is 4.74 Å². The van der Waals surface area contributed by atoms with Crippen molar-refractivity contribution in [1.82, 2.24) is 4.90 Å². The molecule has 0 aromatic heterocycles. The Morgan fingerprint density at radius 1 is 1.35 bits per heavy atom. The molecular formula is C13H16BrNO2. The number of rotatable bonds is 4. The Morgan fingerprint density at radius 2 is 2.12 bits per heavy atom. The predicted octanol–water partition coefficient (Wildman–Crippen LogP) is 2.20. The third-order valence-electron chi connectivity index (χ3n) is 2.87. The van der Waals surface area contributed by atoms with Crippen molar-refractivity contribution in [3.8, 4) is 0 Å². The molecule has 92 valence electrons. The summed E-state index contributed by atoms with van der Waals surface area (Å²) >= 11 is 3.40. The summed E-state index contributed by atoms with van der Waals surface area (Å²) in [6.45, 7) is 1.59. The third-order valence-corrected chi connectivity index (χ3v) is 3.32. The van der Waals surface area contributed by atoms with Gasteiger partial charge in [-0.3, -0.25) is 4.79 Å². The predicted molar refractivity (Wildman–Crippen MR) is 70.0 cm³/mol. The third kappa shape index (κ3) is 3.54. The van der Waals surface area contributed by atoms with Gasteiger partial charge in [-0.2, -0.15) is 0 Å². The normalized spacial score (nSPS) is 20.6. The van der Waals surface area contributed by atoms with Gasteiger partial charge in [-0.15, -0.1) is 0 Å². The Labute approximate surface area is 110 Å². The maximum Gasteiger partial charge on any atom is 0.248 e. The Kier molecular flexibility index (Phi) is 4.57. The Hall–Kier alpha value is -0.870. The Morgan fingerprint density at radius 3 is 2.82 bits per heavy atom. The molecule has 0 unspecified atom stereocenters. The number of carbonyl (C=O) groups is 1. The molecule has 1 atom stereocenters. The molecule has 4 heteroatoms. The van der Waals surface area contributed by atoms with Gasteiger partial charge in [-0.1, -0.05) is 46.3 Å². The van der Waals surface area contributed by atoms with Crippen molar-refractivity contribution in [3.63, 3.8) is 0 Å². The molecule has 1 fully saturated rings. The zero-order chi connectivity index (χ0) is 12.1. The van der Waals surface area contributed by atoms with Crippen molar-refractivity contribution in [1.29, 1.82) is 0 Å². The molecule has 0 N–H and O–H groups in total. The number of nitrogens with zero attached hydrogens (tertiary/aromatic N) is 1. The number of halogens is 1. The Bertz CT molecular complexity index is 369. The SMILES string of the molecule is O=C1CO[C@H](CCBr)CN1Cc1ccccc1. The van der Waals surface area contributed by atoms with Crippen LogP contribution >= 0.6 is 15.9 Å². The second-order valence-electron chi connectivity index (χ2n) is 4.17. The number of alkyl halides is 1. The summed E-state index contributed by atoms with van der Waals surface area (Å²) in [6.07, 6.45) is 1.11. The van der Waals surface area contributed by atoms with Gasteiger partial charge in [0, 0.05) is 18.4 Å². The first kappa shape index (κ1) is 12.6. The molecule has 0 aliphatic carbocycles. The summed E-state index contributed by atoms with van der Waals surface area (Å²) in [7, 11) is 0. The van der Waals surface area contributed by atoms with Gasteiger partial charge in [0.1, 0.15) is 6.61 Å². The second-order valence-corrected chi connectivity index (χ2v) is 4.96. The highest BCUT2D eigenvalue weighted by atomic mass is 79.9. The lowest BCUT2D eigenvalue weighted by atomic mass is 10.1. The highest BCUT2D eigenvalue weighted by molar-refractivity contribution is 9.09. The van der Waals surface area contributed by atoms with E-state index in [-0.39, 0.29) is 18.6 Å². The molecule has 3 nitrogen and oxygen atoms in total. The molecule has 0 radical (unpaired) electrons. The zero-order valence-corrected chi connectivity index (χ0v) is 11.2. The molecule has 1 saturated heterocycles. The molecule has 1 aromatic rings. The number of hydrogen-bond donors (Lipinski definition) is 0. The first-order valence-electron chi connectivity index (χ1n) is 5.79. The summed E-state index contributed by atoms with van der Waals surface area (Å²) in [6, 6.07) is 10.1. The number of amides is 1. The van der Waals surface area contributed by atoms with Gasteiger partial charge >= 0.3 is 0 Å². The summed E-state index contributed by atoms with van der Waals surface area (Å²) in [4.78, 5) is 13.6. The van der Waals surface area contributed by atoms with Crippen LogP contribution in [0.1, 0.15) is 12.0 Å². The summed E-state index contributed by atoms with van der Waals surface area (Å²) < 4.78 is 5.48. The molecule has 0 bridgehead atoms. The summed E-state index contributed by atoms with van der Waals surface area (Å²) in [5, 5.41) is 0.908. The van der Waals surface area contributed by atoms with Gasteiger partial charge in [0.2, 0.25) is 5.91 Å². The van der Waals surface area contributed by atoms with Crippen LogP contribution in [0.15, 0.2) is 30.3 Å². The van der Waals surface area contributed by atoms with Crippen LogP contribution in [0.3, 0.4) is 0 Å². The van der Waals surface area contributed by atoms with E-state index in [1.807, 2.05) is 35.2 Å². The lowest BCUT2D eigenvalue weighted by Gasteiger charge is -2.32. The van der Waals surface area contributed by atoms with Crippen molar-refractivity contribution in [2.75, 3.05) is 18.5 Å². The summed E-state index contributed by atoms with van der Waals surface area (Å²) in [5.41, 5.74) is 1.17. The van der Waals surface area contributed by atoms with Crippen molar-refractivity contribution in [2.24, 2.45) is 0 Å². The first-order valence-corrected chi connectivity index (χ1v) is 6.91. The standard InChI is InChI=1S/C13H16BrNO2/c14-7-6-12-9-15(13(16)10-17-12)8-11-4-2-1-3-5-11/h1-5,12H,6-10H2/t12-/m1/s1. The number of morpholine rings is 1. The van der Waals surface area contributed by atoms with E-state index in [0.29, 0.717) is 13.1 Å². The van der Waals surface area contributed by atoms with Gasteiger partial charge in [0.05, 0.1) is 6.10 Å².